The molecule has 1 unspecified atom stereocenters. The van der Waals surface area contributed by atoms with Crippen molar-refractivity contribution < 1.29 is 14.3 Å². The van der Waals surface area contributed by atoms with E-state index in [9.17, 15) is 4.79 Å². The highest BCUT2D eigenvalue weighted by atomic mass is 16.6. The Bertz CT molecular complexity index is 438. The first-order valence-electron chi connectivity index (χ1n) is 7.34. The minimum atomic E-state index is -0.515. The summed E-state index contributed by atoms with van der Waals surface area (Å²) in [6.07, 6.45) is 2.15. The average molecular weight is 278 g/mol. The Morgan fingerprint density at radius 1 is 1.30 bits per heavy atom. The molecule has 112 valence electrons. The predicted octanol–water partition coefficient (Wildman–Crippen LogP) is 4.23. The van der Waals surface area contributed by atoms with Crippen LogP contribution in [-0.2, 0) is 9.53 Å². The summed E-state index contributed by atoms with van der Waals surface area (Å²) in [5, 5.41) is 0. The minimum absolute atomic E-state index is 0.297. The molecule has 0 aliphatic carbocycles. The summed E-state index contributed by atoms with van der Waals surface area (Å²) in [4.78, 5) is 11.8. The first-order chi connectivity index (χ1) is 9.49. The van der Waals surface area contributed by atoms with Crippen LogP contribution in [0.1, 0.15) is 57.1 Å². The van der Waals surface area contributed by atoms with Gasteiger partial charge in [0.25, 0.3) is 0 Å². The van der Waals surface area contributed by atoms with Gasteiger partial charge in [-0.25, -0.2) is 4.79 Å². The summed E-state index contributed by atoms with van der Waals surface area (Å²) in [5.41, 5.74) is 2.25. The Labute approximate surface area is 122 Å². The van der Waals surface area contributed by atoms with Gasteiger partial charge in [-0.15, -0.1) is 0 Å². The molecule has 1 atom stereocenters. The molecule has 0 aromatic heterocycles. The lowest BCUT2D eigenvalue weighted by atomic mass is 10.0. The number of benzene rings is 1. The fraction of sp³-hybridized carbons (Fsp3) is 0.588. The zero-order chi connectivity index (χ0) is 15.1. The summed E-state index contributed by atoms with van der Waals surface area (Å²) >= 11 is 0. The summed E-state index contributed by atoms with van der Waals surface area (Å²) < 4.78 is 10.8. The van der Waals surface area contributed by atoms with E-state index in [4.69, 9.17) is 9.47 Å². The Kier molecular flexibility index (Phi) is 6.56. The second kappa shape index (κ2) is 7.93. The van der Waals surface area contributed by atoms with Crippen LogP contribution in [0.3, 0.4) is 0 Å². The lowest BCUT2D eigenvalue weighted by molar-refractivity contribution is -0.149. The highest BCUT2D eigenvalue weighted by molar-refractivity contribution is 5.75. The number of hydrogen-bond donors (Lipinski definition) is 0. The van der Waals surface area contributed by atoms with Crippen LogP contribution in [0.15, 0.2) is 18.2 Å². The Morgan fingerprint density at radius 3 is 2.55 bits per heavy atom. The van der Waals surface area contributed by atoms with E-state index in [1.807, 2.05) is 13.0 Å². The second-order valence-electron chi connectivity index (χ2n) is 5.47. The minimum Gasteiger partial charge on any atom is -0.478 e. The Balaban J connectivity index is 2.97. The molecule has 3 heteroatoms. The molecule has 20 heavy (non-hydrogen) atoms. The maximum Gasteiger partial charge on any atom is 0.347 e. The number of rotatable bonds is 7. The average Bonchev–Trinajstić information content (AvgIpc) is 2.42. The van der Waals surface area contributed by atoms with Crippen molar-refractivity contribution in [2.75, 3.05) is 7.11 Å². The van der Waals surface area contributed by atoms with Crippen molar-refractivity contribution in [2.24, 2.45) is 0 Å². The molecule has 1 aromatic carbocycles. The van der Waals surface area contributed by atoms with Crippen molar-refractivity contribution in [1.29, 1.82) is 0 Å². The van der Waals surface area contributed by atoms with E-state index >= 15 is 0 Å². The van der Waals surface area contributed by atoms with Gasteiger partial charge in [0.05, 0.1) is 7.11 Å². The van der Waals surface area contributed by atoms with Gasteiger partial charge in [0, 0.05) is 0 Å². The molecule has 0 aliphatic heterocycles. The number of unbranched alkanes of at least 4 members (excludes halogenated alkanes) is 1. The monoisotopic (exact) mass is 278 g/mol. The molecule has 1 rings (SSSR count). The molecular weight excluding hydrogens is 252 g/mol. The van der Waals surface area contributed by atoms with Gasteiger partial charge in [-0.1, -0.05) is 39.3 Å². The number of esters is 1. The highest BCUT2D eigenvalue weighted by Gasteiger charge is 2.22. The molecule has 0 saturated carbocycles. The van der Waals surface area contributed by atoms with Crippen molar-refractivity contribution in [1.82, 2.24) is 0 Å². The van der Waals surface area contributed by atoms with E-state index in [-0.39, 0.29) is 5.97 Å². The number of carbonyl (C=O) groups is 1. The molecule has 1 aromatic rings. The second-order valence-corrected chi connectivity index (χ2v) is 5.47. The van der Waals surface area contributed by atoms with Crippen LogP contribution in [-0.4, -0.2) is 19.2 Å². The van der Waals surface area contributed by atoms with Crippen molar-refractivity contribution >= 4 is 5.97 Å². The van der Waals surface area contributed by atoms with Crippen LogP contribution in [0.2, 0.25) is 0 Å². The molecule has 0 amide bonds. The standard InChI is InChI=1S/C17H26O3/c1-6-7-8-15(17(18)19-5)20-16-11-13(4)9-10-14(16)12(2)3/h9-12,15H,6-8H2,1-5H3. The summed E-state index contributed by atoms with van der Waals surface area (Å²) in [7, 11) is 1.41. The summed E-state index contributed by atoms with van der Waals surface area (Å²) in [6, 6.07) is 6.14. The first-order valence-corrected chi connectivity index (χ1v) is 7.34. The lowest BCUT2D eigenvalue weighted by Gasteiger charge is -2.20. The van der Waals surface area contributed by atoms with Crippen LogP contribution in [0, 0.1) is 6.92 Å². The number of ether oxygens (including phenoxy) is 2. The molecule has 0 fully saturated rings. The summed E-state index contributed by atoms with van der Waals surface area (Å²) in [5.74, 6) is 0.858. The molecule has 0 bridgehead atoms. The lowest BCUT2D eigenvalue weighted by Crippen LogP contribution is -2.29. The van der Waals surface area contributed by atoms with E-state index < -0.39 is 6.10 Å². The van der Waals surface area contributed by atoms with Crippen LogP contribution < -0.4 is 4.74 Å². The highest BCUT2D eigenvalue weighted by Crippen LogP contribution is 2.29. The predicted molar refractivity (Wildman–Crippen MR) is 81.2 cm³/mol. The Hall–Kier alpha value is -1.51. The quantitative estimate of drug-likeness (QED) is 0.700. The van der Waals surface area contributed by atoms with Crippen molar-refractivity contribution in [2.45, 2.75) is 59.0 Å². The summed E-state index contributed by atoms with van der Waals surface area (Å²) in [6.45, 7) is 8.37. The van der Waals surface area contributed by atoms with E-state index in [1.165, 1.54) is 7.11 Å². The van der Waals surface area contributed by atoms with Gasteiger partial charge in [-0.2, -0.15) is 0 Å². The molecule has 0 aliphatic rings. The number of carbonyl (C=O) groups excluding carboxylic acids is 1. The zero-order valence-corrected chi connectivity index (χ0v) is 13.2. The third-order valence-corrected chi connectivity index (χ3v) is 3.34. The fourth-order valence-corrected chi connectivity index (χ4v) is 2.12. The maximum absolute atomic E-state index is 11.8. The van der Waals surface area contributed by atoms with Gasteiger partial charge >= 0.3 is 5.97 Å². The van der Waals surface area contributed by atoms with E-state index in [1.54, 1.807) is 0 Å². The van der Waals surface area contributed by atoms with Crippen LogP contribution in [0.4, 0.5) is 0 Å². The van der Waals surface area contributed by atoms with Crippen molar-refractivity contribution in [3.8, 4) is 5.75 Å². The molecule has 0 heterocycles. The SMILES string of the molecule is CCCCC(Oc1cc(C)ccc1C(C)C)C(=O)OC. The van der Waals surface area contributed by atoms with E-state index in [0.717, 1.165) is 29.7 Å². The van der Waals surface area contributed by atoms with Crippen molar-refractivity contribution in [3.63, 3.8) is 0 Å². The largest absolute Gasteiger partial charge is 0.478 e. The third kappa shape index (κ3) is 4.55. The topological polar surface area (TPSA) is 35.5 Å². The third-order valence-electron chi connectivity index (χ3n) is 3.34. The van der Waals surface area contributed by atoms with Gasteiger partial charge < -0.3 is 9.47 Å². The maximum atomic E-state index is 11.8. The van der Waals surface area contributed by atoms with Crippen LogP contribution in [0.5, 0.6) is 5.75 Å². The molecule has 0 saturated heterocycles. The fourth-order valence-electron chi connectivity index (χ4n) is 2.12. The smallest absolute Gasteiger partial charge is 0.347 e. The number of hydrogen-bond acceptors (Lipinski definition) is 3. The number of aryl methyl sites for hydroxylation is 1. The first kappa shape index (κ1) is 16.5. The molecule has 0 spiro atoms. The van der Waals surface area contributed by atoms with Gasteiger partial charge in [-0.3, -0.25) is 0 Å². The van der Waals surface area contributed by atoms with Gasteiger partial charge in [-0.05, 0) is 42.9 Å². The molecular formula is C17H26O3. The van der Waals surface area contributed by atoms with E-state index in [2.05, 4.69) is 32.9 Å². The normalized spacial score (nSPS) is 12.3. The van der Waals surface area contributed by atoms with Gasteiger partial charge in [0.1, 0.15) is 5.75 Å². The molecule has 0 radical (unpaired) electrons. The van der Waals surface area contributed by atoms with Crippen LogP contribution in [0.25, 0.3) is 0 Å². The Morgan fingerprint density at radius 2 is 2.00 bits per heavy atom. The molecule has 0 N–H and O–H groups in total. The van der Waals surface area contributed by atoms with Crippen LogP contribution >= 0.6 is 0 Å². The van der Waals surface area contributed by atoms with Gasteiger partial charge in [0.2, 0.25) is 0 Å². The molecule has 3 nitrogen and oxygen atoms in total. The zero-order valence-electron chi connectivity index (χ0n) is 13.2. The van der Waals surface area contributed by atoms with Gasteiger partial charge in [0.15, 0.2) is 6.10 Å². The van der Waals surface area contributed by atoms with Crippen molar-refractivity contribution in [3.05, 3.63) is 29.3 Å². The number of methoxy groups -OCH3 is 1. The van der Waals surface area contributed by atoms with E-state index in [0.29, 0.717) is 12.3 Å².